The Morgan fingerprint density at radius 1 is 1.07 bits per heavy atom. The molecule has 0 aliphatic carbocycles. The minimum absolute atomic E-state index is 0.0421. The smallest absolute Gasteiger partial charge is 0.159 e. The van der Waals surface area contributed by atoms with Crippen molar-refractivity contribution < 1.29 is 9.90 Å². The van der Waals surface area contributed by atoms with Crippen LogP contribution in [0.25, 0.3) is 0 Å². The van der Waals surface area contributed by atoms with Crippen molar-refractivity contribution in [2.75, 3.05) is 0 Å². The lowest BCUT2D eigenvalue weighted by Gasteiger charge is -1.99. The van der Waals surface area contributed by atoms with Crippen LogP contribution in [0.15, 0.2) is 11.8 Å². The second kappa shape index (κ2) is 8.79. The van der Waals surface area contributed by atoms with Gasteiger partial charge in [0.2, 0.25) is 0 Å². The van der Waals surface area contributed by atoms with E-state index in [2.05, 4.69) is 6.92 Å². The van der Waals surface area contributed by atoms with Crippen molar-refractivity contribution in [3.63, 3.8) is 0 Å². The number of allylic oxidation sites excluding steroid dienone is 2. The lowest BCUT2D eigenvalue weighted by molar-refractivity contribution is -0.114. The molecule has 0 aliphatic heterocycles. The zero-order chi connectivity index (χ0) is 10.8. The number of carbonyl (C=O) groups is 1. The van der Waals surface area contributed by atoms with Gasteiger partial charge in [-0.2, -0.15) is 0 Å². The number of aliphatic hydroxyl groups is 1. The molecule has 0 rings (SSSR count). The molecule has 82 valence electrons. The maximum absolute atomic E-state index is 11.1. The van der Waals surface area contributed by atoms with Crippen LogP contribution in [-0.2, 0) is 4.79 Å². The summed E-state index contributed by atoms with van der Waals surface area (Å²) in [6.07, 6.45) is 7.93. The molecule has 14 heavy (non-hydrogen) atoms. The summed E-state index contributed by atoms with van der Waals surface area (Å²) in [6.45, 7) is 4.12. The Labute approximate surface area is 87.0 Å². The van der Waals surface area contributed by atoms with Gasteiger partial charge in [0.05, 0.1) is 5.76 Å². The average molecular weight is 198 g/mol. The third-order valence-corrected chi connectivity index (χ3v) is 2.11. The van der Waals surface area contributed by atoms with E-state index in [1.165, 1.54) is 18.9 Å². The zero-order valence-electron chi connectivity index (χ0n) is 9.38. The van der Waals surface area contributed by atoms with Gasteiger partial charge in [-0.25, -0.2) is 0 Å². The van der Waals surface area contributed by atoms with E-state index in [1.807, 2.05) is 6.92 Å². The van der Waals surface area contributed by atoms with Gasteiger partial charge < -0.3 is 5.11 Å². The van der Waals surface area contributed by atoms with Gasteiger partial charge in [0, 0.05) is 18.9 Å². The van der Waals surface area contributed by atoms with Crippen molar-refractivity contribution in [3.05, 3.63) is 11.8 Å². The van der Waals surface area contributed by atoms with Crippen molar-refractivity contribution in [1.82, 2.24) is 0 Å². The Morgan fingerprint density at radius 3 is 2.36 bits per heavy atom. The topological polar surface area (TPSA) is 37.3 Å². The molecule has 0 saturated heterocycles. The van der Waals surface area contributed by atoms with Crippen LogP contribution in [0.1, 0.15) is 58.8 Å². The number of carbonyl (C=O) groups excluding carboxylic acids is 1. The zero-order valence-corrected chi connectivity index (χ0v) is 9.38. The maximum atomic E-state index is 11.1. The van der Waals surface area contributed by atoms with E-state index >= 15 is 0 Å². The van der Waals surface area contributed by atoms with Gasteiger partial charge in [0.25, 0.3) is 0 Å². The van der Waals surface area contributed by atoms with Crippen LogP contribution in [0.3, 0.4) is 0 Å². The summed E-state index contributed by atoms with van der Waals surface area (Å²) in [5.41, 5.74) is 0. The molecule has 0 radical (unpaired) electrons. The third kappa shape index (κ3) is 7.84. The predicted octanol–water partition coefficient (Wildman–Crippen LogP) is 3.77. The largest absolute Gasteiger partial charge is 0.512 e. The first-order valence-electron chi connectivity index (χ1n) is 5.63. The van der Waals surface area contributed by atoms with Crippen LogP contribution in [-0.4, -0.2) is 10.9 Å². The van der Waals surface area contributed by atoms with Gasteiger partial charge in [-0.05, 0) is 12.8 Å². The molecule has 0 aliphatic rings. The number of rotatable bonds is 8. The first kappa shape index (κ1) is 13.2. The summed E-state index contributed by atoms with van der Waals surface area (Å²) in [5, 5.41) is 9.39. The first-order chi connectivity index (χ1) is 6.70. The summed E-state index contributed by atoms with van der Waals surface area (Å²) in [7, 11) is 0. The standard InChI is InChI=1S/C12H22O2/c1-3-5-6-7-9-12(14)10-11(13)8-4-2/h10,14H,3-9H2,1-2H3. The fraction of sp³-hybridized carbons (Fsp3) is 0.750. The molecule has 0 bridgehead atoms. The number of unbranched alkanes of at least 4 members (excludes halogenated alkanes) is 3. The summed E-state index contributed by atoms with van der Waals surface area (Å²) in [5.74, 6) is 0.292. The van der Waals surface area contributed by atoms with E-state index in [0.29, 0.717) is 12.8 Å². The van der Waals surface area contributed by atoms with Gasteiger partial charge in [-0.3, -0.25) is 4.79 Å². The van der Waals surface area contributed by atoms with Crippen LogP contribution in [0, 0.1) is 0 Å². The van der Waals surface area contributed by atoms with Gasteiger partial charge in [-0.1, -0.05) is 33.1 Å². The Kier molecular flexibility index (Phi) is 8.30. The highest BCUT2D eigenvalue weighted by Gasteiger charge is 1.99. The molecule has 0 aromatic heterocycles. The van der Waals surface area contributed by atoms with E-state index in [-0.39, 0.29) is 11.5 Å². The normalized spacial score (nSPS) is 11.7. The lowest BCUT2D eigenvalue weighted by Crippen LogP contribution is -1.94. The summed E-state index contributed by atoms with van der Waals surface area (Å²) < 4.78 is 0. The Bertz CT molecular complexity index is 183. The molecular weight excluding hydrogens is 176 g/mol. The van der Waals surface area contributed by atoms with Crippen LogP contribution in [0.5, 0.6) is 0 Å². The maximum Gasteiger partial charge on any atom is 0.159 e. The van der Waals surface area contributed by atoms with Gasteiger partial charge >= 0.3 is 0 Å². The van der Waals surface area contributed by atoms with Gasteiger partial charge in [0.1, 0.15) is 0 Å². The fourth-order valence-corrected chi connectivity index (χ4v) is 1.31. The quantitative estimate of drug-likeness (QED) is 0.366. The van der Waals surface area contributed by atoms with E-state index in [4.69, 9.17) is 0 Å². The monoisotopic (exact) mass is 198 g/mol. The number of ketones is 1. The fourth-order valence-electron chi connectivity index (χ4n) is 1.31. The van der Waals surface area contributed by atoms with Gasteiger partial charge in [0.15, 0.2) is 5.78 Å². The predicted molar refractivity (Wildman–Crippen MR) is 59.4 cm³/mol. The van der Waals surface area contributed by atoms with E-state index < -0.39 is 0 Å². The van der Waals surface area contributed by atoms with E-state index in [9.17, 15) is 9.90 Å². The molecule has 0 heterocycles. The molecule has 0 aromatic carbocycles. The molecule has 0 atom stereocenters. The highest BCUT2D eigenvalue weighted by molar-refractivity contribution is 5.89. The first-order valence-corrected chi connectivity index (χ1v) is 5.63. The molecule has 0 aromatic rings. The molecule has 0 saturated carbocycles. The molecule has 0 unspecified atom stereocenters. The van der Waals surface area contributed by atoms with Crippen molar-refractivity contribution in [1.29, 1.82) is 0 Å². The molecule has 1 N–H and O–H groups in total. The van der Waals surface area contributed by atoms with Crippen molar-refractivity contribution in [3.8, 4) is 0 Å². The number of aliphatic hydroxyl groups excluding tert-OH is 1. The van der Waals surface area contributed by atoms with Crippen molar-refractivity contribution >= 4 is 5.78 Å². The second-order valence-electron chi connectivity index (χ2n) is 3.66. The van der Waals surface area contributed by atoms with Crippen LogP contribution >= 0.6 is 0 Å². The van der Waals surface area contributed by atoms with Crippen LogP contribution < -0.4 is 0 Å². The molecule has 2 heteroatoms. The highest BCUT2D eigenvalue weighted by Crippen LogP contribution is 2.08. The van der Waals surface area contributed by atoms with Gasteiger partial charge in [-0.15, -0.1) is 0 Å². The second-order valence-corrected chi connectivity index (χ2v) is 3.66. The highest BCUT2D eigenvalue weighted by atomic mass is 16.3. The SMILES string of the molecule is CCCCCCC(O)=CC(=O)CCC. The average Bonchev–Trinajstić information content (AvgIpc) is 2.13. The molecule has 0 spiro atoms. The Morgan fingerprint density at radius 2 is 1.79 bits per heavy atom. The summed E-state index contributed by atoms with van der Waals surface area (Å²) in [4.78, 5) is 11.1. The van der Waals surface area contributed by atoms with Crippen LogP contribution in [0.2, 0.25) is 0 Å². The summed E-state index contributed by atoms with van der Waals surface area (Å²) in [6, 6.07) is 0. The van der Waals surface area contributed by atoms with Crippen LogP contribution in [0.4, 0.5) is 0 Å². The van der Waals surface area contributed by atoms with E-state index in [0.717, 1.165) is 19.3 Å². The minimum Gasteiger partial charge on any atom is -0.512 e. The van der Waals surface area contributed by atoms with E-state index in [1.54, 1.807) is 0 Å². The molecule has 0 amide bonds. The Hall–Kier alpha value is -0.790. The molecule has 2 nitrogen and oxygen atoms in total. The third-order valence-electron chi connectivity index (χ3n) is 2.11. The number of hydrogen-bond donors (Lipinski definition) is 1. The summed E-state index contributed by atoms with van der Waals surface area (Å²) >= 11 is 0. The molecular formula is C12H22O2. The number of hydrogen-bond acceptors (Lipinski definition) is 2. The molecule has 0 fully saturated rings. The van der Waals surface area contributed by atoms with Crippen molar-refractivity contribution in [2.45, 2.75) is 58.8 Å². The minimum atomic E-state index is 0.0421. The Balaban J connectivity index is 3.60. The lowest BCUT2D eigenvalue weighted by atomic mass is 10.1. The van der Waals surface area contributed by atoms with Crippen molar-refractivity contribution in [2.24, 2.45) is 0 Å².